The summed E-state index contributed by atoms with van der Waals surface area (Å²) in [5.74, 6) is 1.59. The van der Waals surface area contributed by atoms with Crippen LogP contribution in [-0.2, 0) is 4.74 Å². The number of hydrogen-bond acceptors (Lipinski definition) is 7. The molecule has 0 bridgehead atoms. The van der Waals surface area contributed by atoms with Gasteiger partial charge < -0.3 is 15.4 Å². The van der Waals surface area contributed by atoms with Crippen molar-refractivity contribution in [3.63, 3.8) is 0 Å². The molecule has 1 aliphatic heterocycles. The van der Waals surface area contributed by atoms with Crippen molar-refractivity contribution in [2.75, 3.05) is 30.9 Å². The molecule has 0 radical (unpaired) electrons. The number of nitrogens with one attached hydrogen (secondary N) is 2. The highest BCUT2D eigenvalue weighted by Gasteiger charge is 2.16. The van der Waals surface area contributed by atoms with Crippen LogP contribution in [-0.4, -0.2) is 50.8 Å². The summed E-state index contributed by atoms with van der Waals surface area (Å²) in [6.45, 7) is 1.51. The minimum absolute atomic E-state index is 0.242. The number of ether oxygens (including phenoxy) is 1. The number of rotatable bonds is 4. The average Bonchev–Trinajstić information content (AvgIpc) is 3.02. The average molecular weight is 275 g/mol. The van der Waals surface area contributed by atoms with Gasteiger partial charge in [0.25, 0.3) is 0 Å². The molecule has 2 aromatic heterocycles. The first-order valence-electron chi connectivity index (χ1n) is 6.61. The lowest BCUT2D eigenvalue weighted by Crippen LogP contribution is -2.31. The molecule has 2 N–H and O–H groups in total. The van der Waals surface area contributed by atoms with E-state index in [-0.39, 0.29) is 6.04 Å². The minimum Gasteiger partial charge on any atom is -0.379 e. The normalized spacial score (nSPS) is 18.8. The van der Waals surface area contributed by atoms with Crippen LogP contribution in [0.2, 0.25) is 0 Å². The van der Waals surface area contributed by atoms with Crippen molar-refractivity contribution in [3.8, 4) is 5.95 Å². The van der Waals surface area contributed by atoms with E-state index in [1.165, 1.54) is 0 Å². The summed E-state index contributed by atoms with van der Waals surface area (Å²) >= 11 is 0. The van der Waals surface area contributed by atoms with E-state index < -0.39 is 0 Å². The second kappa shape index (κ2) is 5.83. The van der Waals surface area contributed by atoms with Crippen molar-refractivity contribution in [1.29, 1.82) is 0 Å². The van der Waals surface area contributed by atoms with E-state index >= 15 is 0 Å². The summed E-state index contributed by atoms with van der Waals surface area (Å²) in [5.41, 5.74) is 0. The Morgan fingerprint density at radius 2 is 2.20 bits per heavy atom. The summed E-state index contributed by atoms with van der Waals surface area (Å²) in [6, 6.07) is 0.242. The van der Waals surface area contributed by atoms with E-state index in [0.29, 0.717) is 24.5 Å². The van der Waals surface area contributed by atoms with Crippen LogP contribution < -0.4 is 10.6 Å². The van der Waals surface area contributed by atoms with Gasteiger partial charge in [-0.05, 0) is 12.8 Å². The van der Waals surface area contributed by atoms with Crippen molar-refractivity contribution < 1.29 is 4.74 Å². The topological polar surface area (TPSA) is 89.8 Å². The van der Waals surface area contributed by atoms with Crippen molar-refractivity contribution in [2.45, 2.75) is 18.9 Å². The first kappa shape index (κ1) is 12.8. The second-order valence-electron chi connectivity index (χ2n) is 4.56. The highest BCUT2D eigenvalue weighted by atomic mass is 16.5. The lowest BCUT2D eigenvalue weighted by atomic mass is 10.1. The van der Waals surface area contributed by atoms with Crippen molar-refractivity contribution in [1.82, 2.24) is 24.5 Å². The third kappa shape index (κ3) is 2.85. The zero-order chi connectivity index (χ0) is 13.8. The van der Waals surface area contributed by atoms with Crippen LogP contribution in [0.5, 0.6) is 0 Å². The highest BCUT2D eigenvalue weighted by Crippen LogP contribution is 2.13. The fourth-order valence-corrected chi connectivity index (χ4v) is 2.07. The van der Waals surface area contributed by atoms with Gasteiger partial charge in [0.05, 0.1) is 12.6 Å². The van der Waals surface area contributed by atoms with Crippen LogP contribution in [0.25, 0.3) is 5.95 Å². The van der Waals surface area contributed by atoms with Crippen LogP contribution in [0, 0.1) is 0 Å². The Morgan fingerprint density at radius 3 is 2.90 bits per heavy atom. The molecule has 0 spiro atoms. The minimum atomic E-state index is 0.242. The smallest absolute Gasteiger partial charge is 0.241 e. The van der Waals surface area contributed by atoms with Crippen molar-refractivity contribution >= 4 is 11.9 Å². The lowest BCUT2D eigenvalue weighted by molar-refractivity contribution is 0.0874. The summed E-state index contributed by atoms with van der Waals surface area (Å²) in [4.78, 5) is 17.0. The van der Waals surface area contributed by atoms with Crippen LogP contribution in [0.1, 0.15) is 12.8 Å². The van der Waals surface area contributed by atoms with Crippen LogP contribution in [0.15, 0.2) is 18.7 Å². The first-order chi connectivity index (χ1) is 9.85. The predicted octanol–water partition coefficient (Wildman–Crippen LogP) is 0.690. The van der Waals surface area contributed by atoms with Gasteiger partial charge in [0.1, 0.15) is 6.33 Å². The molecule has 0 saturated carbocycles. The zero-order valence-corrected chi connectivity index (χ0v) is 11.3. The molecule has 2 aromatic rings. The van der Waals surface area contributed by atoms with Gasteiger partial charge in [-0.15, -0.1) is 0 Å². The van der Waals surface area contributed by atoms with Crippen LogP contribution >= 0.6 is 0 Å². The molecule has 8 heteroatoms. The Labute approximate surface area is 116 Å². The van der Waals surface area contributed by atoms with Gasteiger partial charge in [-0.3, -0.25) is 4.57 Å². The molecule has 0 amide bonds. The van der Waals surface area contributed by atoms with Gasteiger partial charge in [0, 0.05) is 26.0 Å². The molecular formula is C12H17N7O. The third-order valence-corrected chi connectivity index (χ3v) is 3.08. The third-order valence-electron chi connectivity index (χ3n) is 3.08. The quantitative estimate of drug-likeness (QED) is 0.848. The Bertz CT molecular complexity index is 551. The molecule has 0 aromatic carbocycles. The molecule has 1 atom stereocenters. The molecule has 1 aliphatic rings. The molecule has 1 fully saturated rings. The van der Waals surface area contributed by atoms with Gasteiger partial charge in [-0.25, -0.2) is 4.98 Å². The highest BCUT2D eigenvalue weighted by molar-refractivity contribution is 5.38. The lowest BCUT2D eigenvalue weighted by Gasteiger charge is -2.23. The fourth-order valence-electron chi connectivity index (χ4n) is 2.07. The van der Waals surface area contributed by atoms with Gasteiger partial charge in [-0.2, -0.15) is 15.0 Å². The number of nitrogens with zero attached hydrogens (tertiary/aromatic N) is 5. The van der Waals surface area contributed by atoms with E-state index in [2.05, 4.69) is 30.6 Å². The maximum Gasteiger partial charge on any atom is 0.241 e. The number of aromatic nitrogens is 5. The maximum absolute atomic E-state index is 5.45. The largest absolute Gasteiger partial charge is 0.379 e. The van der Waals surface area contributed by atoms with E-state index in [1.54, 1.807) is 30.3 Å². The predicted molar refractivity (Wildman–Crippen MR) is 74.0 cm³/mol. The second-order valence-corrected chi connectivity index (χ2v) is 4.56. The standard InChI is InChI=1S/C12H17N7O/c1-13-10-16-11(15-9-3-2-6-20-7-9)18-12(17-10)19-5-4-14-8-19/h4-5,8-9H,2-3,6-7H2,1H3,(H2,13,15,16,17,18). The number of hydrogen-bond donors (Lipinski definition) is 2. The summed E-state index contributed by atoms with van der Waals surface area (Å²) in [6.07, 6.45) is 7.24. The summed E-state index contributed by atoms with van der Waals surface area (Å²) in [5, 5.41) is 6.24. The molecule has 1 unspecified atom stereocenters. The van der Waals surface area contributed by atoms with Gasteiger partial charge in [0.15, 0.2) is 0 Å². The number of imidazole rings is 1. The molecule has 3 rings (SSSR count). The van der Waals surface area contributed by atoms with Gasteiger partial charge in [-0.1, -0.05) is 0 Å². The van der Waals surface area contributed by atoms with Gasteiger partial charge in [0.2, 0.25) is 17.8 Å². The zero-order valence-electron chi connectivity index (χ0n) is 11.3. The summed E-state index contributed by atoms with van der Waals surface area (Å²) < 4.78 is 7.19. The maximum atomic E-state index is 5.45. The van der Waals surface area contributed by atoms with Crippen molar-refractivity contribution in [2.24, 2.45) is 0 Å². The molecule has 20 heavy (non-hydrogen) atoms. The molecule has 0 aliphatic carbocycles. The Hall–Kier alpha value is -2.22. The fraction of sp³-hybridized carbons (Fsp3) is 0.500. The molecule has 3 heterocycles. The Morgan fingerprint density at radius 1 is 1.30 bits per heavy atom. The van der Waals surface area contributed by atoms with Crippen molar-refractivity contribution in [3.05, 3.63) is 18.7 Å². The van der Waals surface area contributed by atoms with E-state index in [1.807, 2.05) is 0 Å². The SMILES string of the molecule is CNc1nc(NC2CCCOC2)nc(-n2ccnc2)n1. The van der Waals surface area contributed by atoms with E-state index in [9.17, 15) is 0 Å². The molecule has 106 valence electrons. The van der Waals surface area contributed by atoms with E-state index in [4.69, 9.17) is 4.74 Å². The summed E-state index contributed by atoms with van der Waals surface area (Å²) in [7, 11) is 1.78. The van der Waals surface area contributed by atoms with Crippen LogP contribution in [0.3, 0.4) is 0 Å². The first-order valence-corrected chi connectivity index (χ1v) is 6.61. The van der Waals surface area contributed by atoms with Crippen LogP contribution in [0.4, 0.5) is 11.9 Å². The monoisotopic (exact) mass is 275 g/mol. The number of anilines is 2. The molecule has 8 nitrogen and oxygen atoms in total. The van der Waals surface area contributed by atoms with Gasteiger partial charge >= 0.3 is 0 Å². The molecular weight excluding hydrogens is 258 g/mol. The Kier molecular flexibility index (Phi) is 3.73. The Balaban J connectivity index is 1.84. The molecule has 1 saturated heterocycles. The van der Waals surface area contributed by atoms with E-state index in [0.717, 1.165) is 19.4 Å².